The molecule has 2 aromatic rings. The van der Waals surface area contributed by atoms with Crippen molar-refractivity contribution in [2.75, 3.05) is 23.3 Å². The zero-order valence-electron chi connectivity index (χ0n) is 11.5. The van der Waals surface area contributed by atoms with Gasteiger partial charge in [0.2, 0.25) is 0 Å². The van der Waals surface area contributed by atoms with E-state index in [1.54, 1.807) is 0 Å². The summed E-state index contributed by atoms with van der Waals surface area (Å²) >= 11 is 3.47. The van der Waals surface area contributed by atoms with E-state index in [2.05, 4.69) is 68.4 Å². The zero-order chi connectivity index (χ0) is 13.9. The Kier molecular flexibility index (Phi) is 3.92. The third-order valence-electron chi connectivity index (χ3n) is 3.65. The number of hydrogen-bond donors (Lipinski definition) is 1. The second-order valence-corrected chi connectivity index (χ2v) is 6.15. The number of halogens is 1. The molecule has 2 heterocycles. The molecule has 3 nitrogen and oxygen atoms in total. The Morgan fingerprint density at radius 2 is 2.10 bits per heavy atom. The maximum atomic E-state index is 4.55. The van der Waals surface area contributed by atoms with Crippen LogP contribution < -0.4 is 10.2 Å². The van der Waals surface area contributed by atoms with Crippen molar-refractivity contribution in [1.29, 1.82) is 0 Å². The predicted molar refractivity (Wildman–Crippen MR) is 87.4 cm³/mol. The second-order valence-electron chi connectivity index (χ2n) is 5.24. The highest BCUT2D eigenvalue weighted by molar-refractivity contribution is 9.10. The molecule has 4 heteroatoms. The molecule has 20 heavy (non-hydrogen) atoms. The lowest BCUT2D eigenvalue weighted by Gasteiger charge is -2.20. The number of aromatic nitrogens is 1. The Hall–Kier alpha value is -1.55. The molecule has 1 aromatic carbocycles. The van der Waals surface area contributed by atoms with Crippen LogP contribution >= 0.6 is 15.9 Å². The van der Waals surface area contributed by atoms with Crippen LogP contribution in [-0.2, 0) is 0 Å². The van der Waals surface area contributed by atoms with E-state index in [0.717, 1.165) is 29.8 Å². The van der Waals surface area contributed by atoms with Gasteiger partial charge in [-0.3, -0.25) is 0 Å². The Morgan fingerprint density at radius 1 is 1.30 bits per heavy atom. The van der Waals surface area contributed by atoms with Crippen LogP contribution in [0.5, 0.6) is 0 Å². The van der Waals surface area contributed by atoms with Gasteiger partial charge in [0.05, 0.1) is 0 Å². The number of aryl methyl sites for hydroxylation is 1. The highest BCUT2D eigenvalue weighted by atomic mass is 79.9. The van der Waals surface area contributed by atoms with Crippen LogP contribution in [0.25, 0.3) is 0 Å². The average molecular weight is 332 g/mol. The zero-order valence-corrected chi connectivity index (χ0v) is 13.1. The van der Waals surface area contributed by atoms with E-state index in [1.807, 2.05) is 12.3 Å². The van der Waals surface area contributed by atoms with E-state index < -0.39 is 0 Å². The van der Waals surface area contributed by atoms with Crippen molar-refractivity contribution in [3.8, 4) is 0 Å². The van der Waals surface area contributed by atoms with Crippen molar-refractivity contribution in [3.05, 3.63) is 52.6 Å². The number of nitrogens with one attached hydrogen (secondary N) is 1. The SMILES string of the molecule is Cc1cc(Br)cnc1N1CCC(Nc2ccccc2)C1. The van der Waals surface area contributed by atoms with Gasteiger partial charge in [0.25, 0.3) is 0 Å². The van der Waals surface area contributed by atoms with Gasteiger partial charge in [-0.15, -0.1) is 0 Å². The summed E-state index contributed by atoms with van der Waals surface area (Å²) in [6.45, 7) is 4.18. The van der Waals surface area contributed by atoms with Gasteiger partial charge in [0.15, 0.2) is 0 Å². The molecule has 3 rings (SSSR count). The molecule has 1 aliphatic heterocycles. The van der Waals surface area contributed by atoms with Crippen LogP contribution in [0.15, 0.2) is 47.1 Å². The molecule has 1 saturated heterocycles. The molecule has 1 fully saturated rings. The number of rotatable bonds is 3. The Bertz CT molecular complexity index is 586. The molecule has 0 saturated carbocycles. The predicted octanol–water partition coefficient (Wildman–Crippen LogP) is 3.84. The first-order valence-corrected chi connectivity index (χ1v) is 7.70. The van der Waals surface area contributed by atoms with Gasteiger partial charge in [-0.25, -0.2) is 4.98 Å². The topological polar surface area (TPSA) is 28.2 Å². The van der Waals surface area contributed by atoms with E-state index >= 15 is 0 Å². The summed E-state index contributed by atoms with van der Waals surface area (Å²) in [6.07, 6.45) is 3.02. The second kappa shape index (κ2) is 5.83. The standard InChI is InChI=1S/C16H18BrN3/c1-12-9-13(17)10-18-16(12)20-8-7-15(11-20)19-14-5-3-2-4-6-14/h2-6,9-10,15,19H,7-8,11H2,1H3. The van der Waals surface area contributed by atoms with Gasteiger partial charge < -0.3 is 10.2 Å². The quantitative estimate of drug-likeness (QED) is 0.926. The number of pyridine rings is 1. The highest BCUT2D eigenvalue weighted by Gasteiger charge is 2.24. The average Bonchev–Trinajstić information content (AvgIpc) is 2.88. The maximum Gasteiger partial charge on any atom is 0.131 e. The summed E-state index contributed by atoms with van der Waals surface area (Å²) in [7, 11) is 0. The first-order valence-electron chi connectivity index (χ1n) is 6.91. The van der Waals surface area contributed by atoms with Crippen LogP contribution in [0.3, 0.4) is 0 Å². The number of para-hydroxylation sites is 1. The summed E-state index contributed by atoms with van der Waals surface area (Å²) < 4.78 is 1.04. The van der Waals surface area contributed by atoms with E-state index in [0.29, 0.717) is 6.04 Å². The van der Waals surface area contributed by atoms with Crippen LogP contribution in [-0.4, -0.2) is 24.1 Å². The van der Waals surface area contributed by atoms with Gasteiger partial charge in [0.1, 0.15) is 5.82 Å². The molecule has 0 spiro atoms. The molecule has 0 amide bonds. The Balaban J connectivity index is 1.67. The van der Waals surface area contributed by atoms with Gasteiger partial charge in [0, 0.05) is 35.5 Å². The Labute approximate surface area is 128 Å². The molecule has 1 N–H and O–H groups in total. The normalized spacial score (nSPS) is 18.3. The summed E-state index contributed by atoms with van der Waals surface area (Å²) in [5.74, 6) is 1.10. The fourth-order valence-corrected chi connectivity index (χ4v) is 3.15. The molecule has 104 valence electrons. The lowest BCUT2D eigenvalue weighted by Crippen LogP contribution is -2.27. The van der Waals surface area contributed by atoms with Crippen LogP contribution in [0.2, 0.25) is 0 Å². The van der Waals surface area contributed by atoms with Crippen molar-refractivity contribution in [1.82, 2.24) is 4.98 Å². The van der Waals surface area contributed by atoms with Crippen LogP contribution in [0.1, 0.15) is 12.0 Å². The van der Waals surface area contributed by atoms with E-state index in [4.69, 9.17) is 0 Å². The number of nitrogens with zero attached hydrogens (tertiary/aromatic N) is 2. The number of hydrogen-bond acceptors (Lipinski definition) is 3. The van der Waals surface area contributed by atoms with Crippen molar-refractivity contribution in [2.24, 2.45) is 0 Å². The van der Waals surface area contributed by atoms with Crippen LogP contribution in [0.4, 0.5) is 11.5 Å². The molecular formula is C16H18BrN3. The first-order chi connectivity index (χ1) is 9.72. The van der Waals surface area contributed by atoms with Crippen molar-refractivity contribution in [3.63, 3.8) is 0 Å². The summed E-state index contributed by atoms with van der Waals surface area (Å²) in [5.41, 5.74) is 2.42. The molecule has 0 bridgehead atoms. The molecule has 1 aromatic heterocycles. The van der Waals surface area contributed by atoms with Gasteiger partial charge in [-0.1, -0.05) is 18.2 Å². The maximum absolute atomic E-state index is 4.55. The lowest BCUT2D eigenvalue weighted by atomic mass is 10.2. The summed E-state index contributed by atoms with van der Waals surface area (Å²) in [5, 5.41) is 3.59. The summed E-state index contributed by atoms with van der Waals surface area (Å²) in [4.78, 5) is 6.92. The number of benzene rings is 1. The van der Waals surface area contributed by atoms with Gasteiger partial charge in [-0.2, -0.15) is 0 Å². The Morgan fingerprint density at radius 3 is 2.85 bits per heavy atom. The van der Waals surface area contributed by atoms with E-state index in [-0.39, 0.29) is 0 Å². The molecule has 1 unspecified atom stereocenters. The first kappa shape index (κ1) is 13.4. The highest BCUT2D eigenvalue weighted by Crippen LogP contribution is 2.25. The minimum atomic E-state index is 0.488. The van der Waals surface area contributed by atoms with E-state index in [9.17, 15) is 0 Å². The minimum absolute atomic E-state index is 0.488. The molecule has 0 radical (unpaired) electrons. The van der Waals surface area contributed by atoms with Gasteiger partial charge >= 0.3 is 0 Å². The fraction of sp³-hybridized carbons (Fsp3) is 0.312. The third kappa shape index (κ3) is 2.96. The van der Waals surface area contributed by atoms with Crippen molar-refractivity contribution >= 4 is 27.4 Å². The fourth-order valence-electron chi connectivity index (χ4n) is 2.70. The minimum Gasteiger partial charge on any atom is -0.380 e. The molecule has 1 atom stereocenters. The molecule has 1 aliphatic rings. The monoisotopic (exact) mass is 331 g/mol. The molecular weight excluding hydrogens is 314 g/mol. The largest absolute Gasteiger partial charge is 0.380 e. The smallest absolute Gasteiger partial charge is 0.131 e. The third-order valence-corrected chi connectivity index (χ3v) is 4.08. The lowest BCUT2D eigenvalue weighted by molar-refractivity contribution is 0.806. The van der Waals surface area contributed by atoms with Gasteiger partial charge in [-0.05, 0) is 53.0 Å². The van der Waals surface area contributed by atoms with Crippen LogP contribution in [0, 0.1) is 6.92 Å². The van der Waals surface area contributed by atoms with E-state index in [1.165, 1.54) is 11.3 Å². The van der Waals surface area contributed by atoms with Crippen molar-refractivity contribution < 1.29 is 0 Å². The molecule has 0 aliphatic carbocycles. The number of anilines is 2. The summed E-state index contributed by atoms with van der Waals surface area (Å²) in [6, 6.07) is 13.0. The van der Waals surface area contributed by atoms with Crippen molar-refractivity contribution in [2.45, 2.75) is 19.4 Å².